The van der Waals surface area contributed by atoms with Crippen LogP contribution in [0, 0.1) is 11.6 Å². The van der Waals surface area contributed by atoms with Gasteiger partial charge in [-0.2, -0.15) is 0 Å². The Morgan fingerprint density at radius 1 is 1.19 bits per heavy atom. The van der Waals surface area contributed by atoms with Gasteiger partial charge in [0.05, 0.1) is 10.9 Å². The van der Waals surface area contributed by atoms with Crippen molar-refractivity contribution in [3.05, 3.63) is 75.6 Å². The number of benzene rings is 2. The van der Waals surface area contributed by atoms with E-state index in [-0.39, 0.29) is 29.2 Å². The first-order valence-corrected chi connectivity index (χ1v) is 10.7. The summed E-state index contributed by atoms with van der Waals surface area (Å²) >= 11 is 0. The second kappa shape index (κ2) is 9.08. The van der Waals surface area contributed by atoms with Crippen molar-refractivity contribution in [1.82, 2.24) is 9.47 Å². The van der Waals surface area contributed by atoms with Crippen LogP contribution in [0.25, 0.3) is 10.9 Å². The van der Waals surface area contributed by atoms with E-state index >= 15 is 4.39 Å². The summed E-state index contributed by atoms with van der Waals surface area (Å²) in [7, 11) is 0. The SMILES string of the molecule is CCn1cc(C(=O)O)c(=O)c2cc(F)c(NC3CCN(Cc4ccccc4)CC3)c(F)c21. The van der Waals surface area contributed by atoms with E-state index in [1.165, 1.54) is 10.1 Å². The zero-order chi connectivity index (χ0) is 22.8. The van der Waals surface area contributed by atoms with Crippen molar-refractivity contribution in [2.45, 2.75) is 38.9 Å². The van der Waals surface area contributed by atoms with E-state index in [4.69, 9.17) is 0 Å². The van der Waals surface area contributed by atoms with E-state index < -0.39 is 28.6 Å². The maximum absolute atomic E-state index is 15.4. The molecule has 1 aromatic heterocycles. The largest absolute Gasteiger partial charge is 0.477 e. The number of carboxylic acids is 1. The van der Waals surface area contributed by atoms with Crippen LogP contribution in [0.5, 0.6) is 0 Å². The number of halogens is 2. The molecular weight excluding hydrogens is 416 g/mol. The molecule has 0 saturated carbocycles. The van der Waals surface area contributed by atoms with E-state index in [9.17, 15) is 19.1 Å². The number of piperidine rings is 1. The summed E-state index contributed by atoms with van der Waals surface area (Å²) < 4.78 is 31.6. The fourth-order valence-corrected chi connectivity index (χ4v) is 4.30. The van der Waals surface area contributed by atoms with Gasteiger partial charge in [0.2, 0.25) is 5.43 Å². The molecule has 3 aromatic rings. The van der Waals surface area contributed by atoms with Gasteiger partial charge in [0, 0.05) is 38.4 Å². The molecule has 4 rings (SSSR count). The highest BCUT2D eigenvalue weighted by atomic mass is 19.1. The van der Waals surface area contributed by atoms with Crippen LogP contribution in [0.4, 0.5) is 14.5 Å². The lowest BCUT2D eigenvalue weighted by Crippen LogP contribution is -2.39. The molecule has 0 unspecified atom stereocenters. The summed E-state index contributed by atoms with van der Waals surface area (Å²) in [4.78, 5) is 26.1. The summed E-state index contributed by atoms with van der Waals surface area (Å²) in [5, 5.41) is 12.0. The third kappa shape index (κ3) is 4.23. The summed E-state index contributed by atoms with van der Waals surface area (Å²) in [6.07, 6.45) is 2.56. The summed E-state index contributed by atoms with van der Waals surface area (Å²) in [6, 6.07) is 11.0. The summed E-state index contributed by atoms with van der Waals surface area (Å²) in [5.41, 5.74) is -0.541. The van der Waals surface area contributed by atoms with Crippen molar-refractivity contribution in [3.8, 4) is 0 Å². The molecule has 168 valence electrons. The van der Waals surface area contributed by atoms with E-state index in [0.717, 1.165) is 44.7 Å². The number of fused-ring (bicyclic) bond motifs is 1. The Labute approximate surface area is 184 Å². The lowest BCUT2D eigenvalue weighted by Gasteiger charge is -2.33. The molecule has 0 aliphatic carbocycles. The molecule has 8 heteroatoms. The second-order valence-corrected chi connectivity index (χ2v) is 8.09. The van der Waals surface area contributed by atoms with Crippen LogP contribution in [0.15, 0.2) is 47.4 Å². The number of nitrogens with one attached hydrogen (secondary N) is 1. The molecule has 1 fully saturated rings. The quantitative estimate of drug-likeness (QED) is 0.603. The molecule has 0 spiro atoms. The minimum absolute atomic E-state index is 0.0899. The Kier molecular flexibility index (Phi) is 6.23. The van der Waals surface area contributed by atoms with E-state index in [0.29, 0.717) is 0 Å². The number of carboxylic acid groups (broad SMARTS) is 1. The zero-order valence-corrected chi connectivity index (χ0v) is 17.8. The number of aromatic carboxylic acids is 1. The topological polar surface area (TPSA) is 74.6 Å². The minimum Gasteiger partial charge on any atom is -0.477 e. The van der Waals surface area contributed by atoms with Gasteiger partial charge in [-0.15, -0.1) is 0 Å². The Bertz CT molecular complexity index is 1200. The Hall–Kier alpha value is -3.26. The highest BCUT2D eigenvalue weighted by Gasteiger charge is 2.25. The van der Waals surface area contributed by atoms with E-state index in [1.807, 2.05) is 18.2 Å². The maximum Gasteiger partial charge on any atom is 0.341 e. The monoisotopic (exact) mass is 441 g/mol. The van der Waals surface area contributed by atoms with Crippen molar-refractivity contribution in [1.29, 1.82) is 0 Å². The number of hydrogen-bond donors (Lipinski definition) is 2. The van der Waals surface area contributed by atoms with E-state index in [1.54, 1.807) is 6.92 Å². The van der Waals surface area contributed by atoms with Crippen molar-refractivity contribution >= 4 is 22.6 Å². The van der Waals surface area contributed by atoms with Crippen LogP contribution in [0.2, 0.25) is 0 Å². The van der Waals surface area contributed by atoms with Gasteiger partial charge < -0.3 is 15.0 Å². The fourth-order valence-electron chi connectivity index (χ4n) is 4.30. The Morgan fingerprint density at radius 2 is 1.88 bits per heavy atom. The van der Waals surface area contributed by atoms with Crippen LogP contribution < -0.4 is 10.7 Å². The normalized spacial score (nSPS) is 15.2. The number of carbonyl (C=O) groups is 1. The molecule has 2 N–H and O–H groups in total. The number of hydrogen-bond acceptors (Lipinski definition) is 4. The highest BCUT2D eigenvalue weighted by Crippen LogP contribution is 2.29. The van der Waals surface area contributed by atoms with Crippen molar-refractivity contribution < 1.29 is 18.7 Å². The molecule has 0 amide bonds. The van der Waals surface area contributed by atoms with Gasteiger partial charge in [-0.1, -0.05) is 30.3 Å². The standard InChI is InChI=1S/C24H25F2N3O3/c1-2-29-14-18(24(31)32)23(30)17-12-19(25)21(20(26)22(17)29)27-16-8-10-28(11-9-16)13-15-6-4-3-5-7-15/h3-7,12,14,16,27H,2,8-11,13H2,1H3,(H,31,32). The molecule has 1 saturated heterocycles. The lowest BCUT2D eigenvalue weighted by atomic mass is 10.0. The van der Waals surface area contributed by atoms with Gasteiger partial charge in [0.25, 0.3) is 0 Å². The molecular formula is C24H25F2N3O3. The minimum atomic E-state index is -1.43. The summed E-state index contributed by atoms with van der Waals surface area (Å²) in [6.45, 7) is 4.36. The third-order valence-electron chi connectivity index (χ3n) is 6.01. The number of anilines is 1. The van der Waals surface area contributed by atoms with Crippen LogP contribution >= 0.6 is 0 Å². The highest BCUT2D eigenvalue weighted by molar-refractivity contribution is 5.93. The van der Waals surface area contributed by atoms with Gasteiger partial charge in [-0.05, 0) is 31.4 Å². The molecule has 1 aliphatic heterocycles. The number of likely N-dealkylation sites (tertiary alicyclic amines) is 1. The first kappa shape index (κ1) is 22.0. The van der Waals surface area contributed by atoms with Crippen LogP contribution in [0.1, 0.15) is 35.7 Å². The van der Waals surface area contributed by atoms with Crippen molar-refractivity contribution in [2.24, 2.45) is 0 Å². The maximum atomic E-state index is 15.4. The number of nitrogens with zero attached hydrogens (tertiary/aromatic N) is 2. The zero-order valence-electron chi connectivity index (χ0n) is 17.8. The molecule has 1 aliphatic rings. The van der Waals surface area contributed by atoms with Crippen molar-refractivity contribution in [2.75, 3.05) is 18.4 Å². The van der Waals surface area contributed by atoms with Gasteiger partial charge in [0.1, 0.15) is 17.1 Å². The number of rotatable bonds is 6. The third-order valence-corrected chi connectivity index (χ3v) is 6.01. The predicted molar refractivity (Wildman–Crippen MR) is 119 cm³/mol. The number of pyridine rings is 1. The molecule has 2 heterocycles. The fraction of sp³-hybridized carbons (Fsp3) is 0.333. The molecule has 32 heavy (non-hydrogen) atoms. The molecule has 0 bridgehead atoms. The number of aromatic nitrogens is 1. The Morgan fingerprint density at radius 3 is 2.50 bits per heavy atom. The van der Waals surface area contributed by atoms with Gasteiger partial charge >= 0.3 is 5.97 Å². The second-order valence-electron chi connectivity index (χ2n) is 8.09. The first-order chi connectivity index (χ1) is 15.4. The average molecular weight is 441 g/mol. The van der Waals surface area contributed by atoms with Gasteiger partial charge in [0.15, 0.2) is 5.82 Å². The van der Waals surface area contributed by atoms with Crippen LogP contribution in [-0.4, -0.2) is 39.7 Å². The van der Waals surface area contributed by atoms with E-state index in [2.05, 4.69) is 22.3 Å². The first-order valence-electron chi connectivity index (χ1n) is 10.7. The molecule has 0 radical (unpaired) electrons. The molecule has 6 nitrogen and oxygen atoms in total. The average Bonchev–Trinajstić information content (AvgIpc) is 2.79. The smallest absolute Gasteiger partial charge is 0.341 e. The van der Waals surface area contributed by atoms with Gasteiger partial charge in [-0.3, -0.25) is 9.69 Å². The van der Waals surface area contributed by atoms with Crippen LogP contribution in [-0.2, 0) is 13.1 Å². The number of aryl methyl sites for hydroxylation is 1. The van der Waals surface area contributed by atoms with Gasteiger partial charge in [-0.25, -0.2) is 13.6 Å². The molecule has 2 aromatic carbocycles. The lowest BCUT2D eigenvalue weighted by molar-refractivity contribution is 0.0695. The summed E-state index contributed by atoms with van der Waals surface area (Å²) in [5.74, 6) is -3.20. The van der Waals surface area contributed by atoms with Crippen molar-refractivity contribution in [3.63, 3.8) is 0 Å². The predicted octanol–water partition coefficient (Wildman–Crippen LogP) is 4.07. The Balaban J connectivity index is 1.57. The van der Waals surface area contributed by atoms with Crippen LogP contribution in [0.3, 0.4) is 0 Å². The molecule has 0 atom stereocenters.